The van der Waals surface area contributed by atoms with E-state index in [1.54, 1.807) is 24.4 Å². The molecule has 2 saturated heterocycles. The van der Waals surface area contributed by atoms with E-state index in [4.69, 9.17) is 4.74 Å². The number of ether oxygens (including phenoxy) is 1. The van der Waals surface area contributed by atoms with Crippen LogP contribution in [0.3, 0.4) is 0 Å². The van der Waals surface area contributed by atoms with Crippen LogP contribution in [0.4, 0.5) is 20.7 Å². The first kappa shape index (κ1) is 20.7. The summed E-state index contributed by atoms with van der Waals surface area (Å²) in [5.74, 6) is -0.156. The van der Waals surface area contributed by atoms with Crippen LogP contribution >= 0.6 is 0 Å². The molecule has 0 unspecified atom stereocenters. The summed E-state index contributed by atoms with van der Waals surface area (Å²) in [5, 5.41) is 5.53. The minimum atomic E-state index is -0.927. The van der Waals surface area contributed by atoms with Gasteiger partial charge in [-0.3, -0.25) is 9.69 Å². The van der Waals surface area contributed by atoms with E-state index in [2.05, 4.69) is 20.4 Å². The molecule has 31 heavy (non-hydrogen) atoms. The van der Waals surface area contributed by atoms with Crippen molar-refractivity contribution in [2.45, 2.75) is 25.0 Å². The molecule has 0 aliphatic carbocycles. The molecule has 2 aliphatic rings. The van der Waals surface area contributed by atoms with E-state index in [9.17, 15) is 18.9 Å². The van der Waals surface area contributed by atoms with Gasteiger partial charge in [0, 0.05) is 37.5 Å². The Hall–Kier alpha value is -3.56. The molecule has 0 spiro atoms. The molecule has 0 saturated carbocycles. The Labute approximate surface area is 178 Å². The van der Waals surface area contributed by atoms with Crippen molar-refractivity contribution in [1.29, 1.82) is 0 Å². The first-order valence-corrected chi connectivity index (χ1v) is 10.0. The number of anilines is 2. The van der Waals surface area contributed by atoms with Gasteiger partial charge in [0.1, 0.15) is 11.6 Å². The lowest BCUT2D eigenvalue weighted by Gasteiger charge is -2.29. The van der Waals surface area contributed by atoms with Gasteiger partial charge < -0.3 is 15.0 Å². The maximum atomic E-state index is 14.8. The van der Waals surface area contributed by atoms with Crippen molar-refractivity contribution in [2.75, 3.05) is 36.5 Å². The first-order valence-electron chi connectivity index (χ1n) is 10.0. The predicted octanol–water partition coefficient (Wildman–Crippen LogP) is 2.69. The number of amides is 2. The van der Waals surface area contributed by atoms with E-state index in [1.165, 1.54) is 18.0 Å². The van der Waals surface area contributed by atoms with Gasteiger partial charge >= 0.3 is 6.09 Å². The van der Waals surface area contributed by atoms with Crippen molar-refractivity contribution in [1.82, 2.24) is 10.3 Å². The molecule has 2 aliphatic heterocycles. The average molecular weight is 427 g/mol. The van der Waals surface area contributed by atoms with E-state index >= 15 is 0 Å². The third kappa shape index (κ3) is 4.18. The van der Waals surface area contributed by atoms with Gasteiger partial charge in [-0.15, -0.1) is 0 Å². The van der Waals surface area contributed by atoms with Gasteiger partial charge in [0.05, 0.1) is 18.3 Å². The SMILES string of the molecule is CNC(=O)[C@H]1CN(c2ccc(-c3ccc(N4CCC(N=O)CC4)nc3)c(F)c2)C(=O)O1. The standard InChI is InChI=1S/C21H22FN5O4/c1-23-20(28)18-12-27(21(29)31-18)15-3-4-16(17(22)10-15)13-2-5-19(24-11-13)26-8-6-14(25-30)7-9-26/h2-5,10-11,14,18H,6-9,12H2,1H3,(H,23,28)/t18-/m1/s1. The highest BCUT2D eigenvalue weighted by Gasteiger charge is 2.36. The maximum Gasteiger partial charge on any atom is 0.415 e. The summed E-state index contributed by atoms with van der Waals surface area (Å²) in [6.45, 7) is 1.42. The van der Waals surface area contributed by atoms with Crippen LogP contribution in [0.15, 0.2) is 41.7 Å². The number of benzene rings is 1. The van der Waals surface area contributed by atoms with Crippen LogP contribution in [0.25, 0.3) is 11.1 Å². The van der Waals surface area contributed by atoms with E-state index in [0.29, 0.717) is 42.7 Å². The van der Waals surface area contributed by atoms with Crippen molar-refractivity contribution >= 4 is 23.5 Å². The minimum Gasteiger partial charge on any atom is -0.434 e. The van der Waals surface area contributed by atoms with Crippen LogP contribution in [0.2, 0.25) is 0 Å². The number of halogens is 1. The summed E-state index contributed by atoms with van der Waals surface area (Å²) in [6.07, 6.45) is 1.37. The van der Waals surface area contributed by atoms with Crippen molar-refractivity contribution in [2.24, 2.45) is 5.18 Å². The Morgan fingerprint density at radius 2 is 2.03 bits per heavy atom. The molecule has 1 N–H and O–H groups in total. The van der Waals surface area contributed by atoms with Gasteiger partial charge in [0.15, 0.2) is 6.10 Å². The van der Waals surface area contributed by atoms with Gasteiger partial charge in [-0.2, -0.15) is 4.91 Å². The highest BCUT2D eigenvalue weighted by atomic mass is 19.1. The third-order valence-electron chi connectivity index (χ3n) is 5.61. The molecule has 0 radical (unpaired) electrons. The van der Waals surface area contributed by atoms with Gasteiger partial charge in [-0.1, -0.05) is 5.18 Å². The number of rotatable bonds is 5. The summed E-state index contributed by atoms with van der Waals surface area (Å²) in [7, 11) is 1.46. The Bertz CT molecular complexity index is 992. The number of aromatic nitrogens is 1. The molecule has 162 valence electrons. The molecule has 2 amide bonds. The highest BCUT2D eigenvalue weighted by molar-refractivity contribution is 5.95. The third-order valence-corrected chi connectivity index (χ3v) is 5.61. The molecule has 1 atom stereocenters. The van der Waals surface area contributed by atoms with Crippen molar-refractivity contribution in [3.8, 4) is 11.1 Å². The van der Waals surface area contributed by atoms with Crippen LogP contribution in [-0.2, 0) is 9.53 Å². The molecule has 10 heteroatoms. The van der Waals surface area contributed by atoms with Crippen molar-refractivity contribution in [3.63, 3.8) is 0 Å². The lowest BCUT2D eigenvalue weighted by Crippen LogP contribution is -2.35. The second-order valence-corrected chi connectivity index (χ2v) is 7.49. The van der Waals surface area contributed by atoms with Crippen LogP contribution in [-0.4, -0.2) is 55.8 Å². The zero-order valence-electron chi connectivity index (χ0n) is 17.0. The van der Waals surface area contributed by atoms with Gasteiger partial charge in [0.2, 0.25) is 0 Å². The molecule has 4 rings (SSSR count). The Balaban J connectivity index is 1.48. The number of nitrogens with one attached hydrogen (secondary N) is 1. The number of nitrogens with zero attached hydrogens (tertiary/aromatic N) is 4. The minimum absolute atomic E-state index is 0.0177. The number of likely N-dealkylation sites (N-methyl/N-ethyl adjacent to an activating group) is 1. The second-order valence-electron chi connectivity index (χ2n) is 7.49. The summed E-state index contributed by atoms with van der Waals surface area (Å²) in [4.78, 5) is 42.2. The van der Waals surface area contributed by atoms with Crippen LogP contribution in [0, 0.1) is 10.7 Å². The fourth-order valence-corrected chi connectivity index (χ4v) is 3.81. The van der Waals surface area contributed by atoms with E-state index in [1.807, 2.05) is 6.07 Å². The lowest BCUT2D eigenvalue weighted by atomic mass is 10.0. The van der Waals surface area contributed by atoms with Crippen LogP contribution in [0.5, 0.6) is 0 Å². The number of piperidine rings is 1. The zero-order valence-corrected chi connectivity index (χ0v) is 17.0. The molecule has 3 heterocycles. The zero-order chi connectivity index (χ0) is 22.0. The lowest BCUT2D eigenvalue weighted by molar-refractivity contribution is -0.127. The largest absolute Gasteiger partial charge is 0.434 e. The Morgan fingerprint density at radius 1 is 1.26 bits per heavy atom. The molecular weight excluding hydrogens is 405 g/mol. The normalized spacial score (nSPS) is 19.3. The van der Waals surface area contributed by atoms with Gasteiger partial charge in [0.25, 0.3) is 5.91 Å². The molecule has 2 fully saturated rings. The van der Waals surface area contributed by atoms with Crippen LogP contribution < -0.4 is 15.1 Å². The predicted molar refractivity (Wildman–Crippen MR) is 112 cm³/mol. The van der Waals surface area contributed by atoms with E-state index in [0.717, 1.165) is 5.82 Å². The van der Waals surface area contributed by atoms with E-state index < -0.39 is 23.9 Å². The molecule has 9 nitrogen and oxygen atoms in total. The summed E-state index contributed by atoms with van der Waals surface area (Å²) < 4.78 is 19.9. The van der Waals surface area contributed by atoms with Gasteiger partial charge in [-0.25, -0.2) is 14.2 Å². The summed E-state index contributed by atoms with van der Waals surface area (Å²) >= 11 is 0. The smallest absolute Gasteiger partial charge is 0.415 e. The molecular formula is C21H22FN5O4. The molecule has 1 aromatic heterocycles. The fraction of sp³-hybridized carbons (Fsp3) is 0.381. The van der Waals surface area contributed by atoms with E-state index in [-0.39, 0.29) is 12.6 Å². The number of hydrogen-bond acceptors (Lipinski definition) is 7. The fourth-order valence-electron chi connectivity index (χ4n) is 3.81. The molecule has 0 bridgehead atoms. The quantitative estimate of drug-likeness (QED) is 0.736. The topological polar surface area (TPSA) is 104 Å². The Morgan fingerprint density at radius 3 is 2.65 bits per heavy atom. The Kier molecular flexibility index (Phi) is 5.79. The molecule has 1 aromatic carbocycles. The maximum absolute atomic E-state index is 14.8. The second kappa shape index (κ2) is 8.66. The number of carbonyl (C=O) groups is 2. The van der Waals surface area contributed by atoms with Crippen molar-refractivity contribution in [3.05, 3.63) is 47.3 Å². The number of carbonyl (C=O) groups excluding carboxylic acids is 2. The number of cyclic esters (lactones) is 1. The van der Waals surface area contributed by atoms with Crippen LogP contribution in [0.1, 0.15) is 12.8 Å². The summed E-state index contributed by atoms with van der Waals surface area (Å²) in [5.41, 5.74) is 1.26. The number of nitroso groups, excluding NO2 is 1. The summed E-state index contributed by atoms with van der Waals surface area (Å²) in [6, 6.07) is 7.90. The highest BCUT2D eigenvalue weighted by Crippen LogP contribution is 2.30. The first-order chi connectivity index (χ1) is 15.0. The average Bonchev–Trinajstić information content (AvgIpc) is 3.20. The number of hydrogen-bond donors (Lipinski definition) is 1. The monoisotopic (exact) mass is 427 g/mol. The number of pyridine rings is 1. The van der Waals surface area contributed by atoms with Gasteiger partial charge in [-0.05, 0) is 43.2 Å². The molecule has 2 aromatic rings. The van der Waals surface area contributed by atoms with Crippen molar-refractivity contribution < 1.29 is 18.7 Å².